The van der Waals surface area contributed by atoms with Crippen LogP contribution in [0.3, 0.4) is 0 Å². The number of aromatic nitrogens is 3. The van der Waals surface area contributed by atoms with Gasteiger partial charge < -0.3 is 38.9 Å². The van der Waals surface area contributed by atoms with Gasteiger partial charge in [0.05, 0.1) is 49.2 Å². The molecule has 2 N–H and O–H groups in total. The fraction of sp³-hybridized carbons (Fsp3) is 0.429. The lowest BCUT2D eigenvalue weighted by molar-refractivity contribution is -0.143. The number of aryl methyl sites for hydroxylation is 1. The van der Waals surface area contributed by atoms with E-state index in [-0.39, 0.29) is 48.5 Å². The lowest BCUT2D eigenvalue weighted by Crippen LogP contribution is -2.56. The quantitative estimate of drug-likeness (QED) is 0.121. The number of hydrogen-bond acceptors (Lipinski definition) is 11. The summed E-state index contributed by atoms with van der Waals surface area (Å²) in [5.74, 6) is 2.62. The van der Waals surface area contributed by atoms with Gasteiger partial charge in [0, 0.05) is 47.6 Å². The smallest absolute Gasteiger partial charge is 0.255 e. The maximum atomic E-state index is 14.7. The number of piperidine rings is 1. The topological polar surface area (TPSA) is 170 Å². The molecule has 3 aliphatic heterocycles. The molecule has 15 nitrogen and oxygen atoms in total. The third-order valence-corrected chi connectivity index (χ3v) is 13.9. The van der Waals surface area contributed by atoms with Crippen LogP contribution in [0.1, 0.15) is 78.5 Å². The first-order chi connectivity index (χ1) is 31.7. The van der Waals surface area contributed by atoms with Crippen molar-refractivity contribution in [3.05, 3.63) is 88.3 Å². The number of likely N-dealkylation sites (tertiary alicyclic amines) is 1. The SMILES string of the molecule is COc1ccc(C2=NN(C3CCN(C(=O)[C@@H](Cc4ccccc4Cl)NC(=O)c4c(C)[nH]c5c(-c6c(OCC7CC7)ccc7c6OCO7)ncnc45)CC3)C(=O)[C@@H]3CCCC[C@H]23)cc1OC. The second-order valence-corrected chi connectivity index (χ2v) is 18.0. The first-order valence-electron chi connectivity index (χ1n) is 22.6. The van der Waals surface area contributed by atoms with Crippen molar-refractivity contribution in [2.24, 2.45) is 22.9 Å². The number of hydrogen-bond donors (Lipinski definition) is 2. The zero-order valence-corrected chi connectivity index (χ0v) is 37.5. The van der Waals surface area contributed by atoms with Gasteiger partial charge in [-0.25, -0.2) is 15.0 Å². The van der Waals surface area contributed by atoms with Crippen LogP contribution in [-0.2, 0) is 16.0 Å². The first kappa shape index (κ1) is 42.6. The molecule has 2 saturated carbocycles. The van der Waals surface area contributed by atoms with Gasteiger partial charge in [-0.1, -0.05) is 42.6 Å². The summed E-state index contributed by atoms with van der Waals surface area (Å²) in [6.07, 6.45) is 8.62. The van der Waals surface area contributed by atoms with Gasteiger partial charge in [0.25, 0.3) is 5.91 Å². The third kappa shape index (κ3) is 8.19. The fourth-order valence-corrected chi connectivity index (χ4v) is 10.2. The van der Waals surface area contributed by atoms with E-state index in [2.05, 4.69) is 20.3 Å². The predicted octanol–water partition coefficient (Wildman–Crippen LogP) is 7.51. The number of nitrogens with zero attached hydrogens (tertiary/aromatic N) is 5. The van der Waals surface area contributed by atoms with E-state index >= 15 is 0 Å². The molecule has 2 aromatic heterocycles. The van der Waals surface area contributed by atoms with E-state index in [1.807, 2.05) is 48.5 Å². The zero-order chi connectivity index (χ0) is 44.8. The van der Waals surface area contributed by atoms with Crippen molar-refractivity contribution in [3.63, 3.8) is 0 Å². The Bertz CT molecular complexity index is 2690. The van der Waals surface area contributed by atoms with Gasteiger partial charge in [-0.15, -0.1) is 0 Å². The van der Waals surface area contributed by atoms with Crippen LogP contribution in [0.15, 0.2) is 66.0 Å². The Hall–Kier alpha value is -6.35. The van der Waals surface area contributed by atoms with Crippen LogP contribution < -0.4 is 29.0 Å². The molecule has 0 spiro atoms. The number of hydrazone groups is 1. The Morgan fingerprint density at radius 3 is 2.46 bits per heavy atom. The Balaban J connectivity index is 0.910. The van der Waals surface area contributed by atoms with Gasteiger partial charge in [-0.2, -0.15) is 5.10 Å². The summed E-state index contributed by atoms with van der Waals surface area (Å²) in [6, 6.07) is 15.6. The van der Waals surface area contributed by atoms with Gasteiger partial charge in [-0.05, 0) is 93.3 Å². The summed E-state index contributed by atoms with van der Waals surface area (Å²) in [7, 11) is 3.22. The molecule has 5 heterocycles. The minimum atomic E-state index is -0.968. The normalized spacial score (nSPS) is 20.0. The van der Waals surface area contributed by atoms with E-state index in [0.717, 1.165) is 55.4 Å². The molecule has 3 atom stereocenters. The van der Waals surface area contributed by atoms with Crippen LogP contribution in [0.25, 0.3) is 22.3 Å². The van der Waals surface area contributed by atoms with Crippen molar-refractivity contribution >= 4 is 46.1 Å². The number of carbonyl (C=O) groups is 3. The Morgan fingerprint density at radius 2 is 1.69 bits per heavy atom. The lowest BCUT2D eigenvalue weighted by atomic mass is 9.73. The highest BCUT2D eigenvalue weighted by Crippen LogP contribution is 2.49. The van der Waals surface area contributed by atoms with E-state index in [1.165, 1.54) is 6.33 Å². The number of fused-ring (bicyclic) bond motifs is 3. The minimum absolute atomic E-state index is 0.0198. The number of halogens is 1. The summed E-state index contributed by atoms with van der Waals surface area (Å²) >= 11 is 6.67. The van der Waals surface area contributed by atoms with Crippen LogP contribution >= 0.6 is 11.6 Å². The molecular weight excluding hydrogens is 850 g/mol. The van der Waals surface area contributed by atoms with Crippen molar-refractivity contribution in [3.8, 4) is 40.0 Å². The number of ether oxygens (including phenoxy) is 5. The number of H-pyrrole nitrogens is 1. The highest BCUT2D eigenvalue weighted by Gasteiger charge is 2.44. The van der Waals surface area contributed by atoms with Gasteiger partial charge in [0.1, 0.15) is 29.3 Å². The molecule has 5 aliphatic rings. The number of benzene rings is 3. The number of nitrogens with one attached hydrogen (secondary N) is 2. The van der Waals surface area contributed by atoms with E-state index in [1.54, 1.807) is 37.1 Å². The highest BCUT2D eigenvalue weighted by molar-refractivity contribution is 6.31. The van der Waals surface area contributed by atoms with E-state index in [0.29, 0.717) is 100 Å². The molecule has 0 unspecified atom stereocenters. The summed E-state index contributed by atoms with van der Waals surface area (Å²) in [4.78, 5) is 57.9. The largest absolute Gasteiger partial charge is 0.493 e. The lowest BCUT2D eigenvalue weighted by Gasteiger charge is -2.43. The molecule has 0 bridgehead atoms. The number of amides is 3. The van der Waals surface area contributed by atoms with E-state index in [4.69, 9.17) is 40.4 Å². The van der Waals surface area contributed by atoms with Crippen LogP contribution in [0.2, 0.25) is 5.02 Å². The Labute approximate surface area is 381 Å². The number of aromatic amines is 1. The summed E-state index contributed by atoms with van der Waals surface area (Å²) in [6.45, 7) is 3.18. The van der Waals surface area contributed by atoms with Crippen molar-refractivity contribution in [2.75, 3.05) is 40.7 Å². The second-order valence-electron chi connectivity index (χ2n) is 17.6. The number of carbonyl (C=O) groups excluding carboxylic acids is 3. The second kappa shape index (κ2) is 17.9. The third-order valence-electron chi connectivity index (χ3n) is 13.6. The molecule has 3 amide bonds. The van der Waals surface area contributed by atoms with Crippen molar-refractivity contribution < 1.29 is 38.1 Å². The zero-order valence-electron chi connectivity index (χ0n) is 36.7. The molecule has 5 aromatic rings. The maximum absolute atomic E-state index is 14.7. The average molecular weight is 902 g/mol. The summed E-state index contributed by atoms with van der Waals surface area (Å²) in [5, 5.41) is 10.4. The van der Waals surface area contributed by atoms with Gasteiger partial charge in [-0.3, -0.25) is 14.4 Å². The highest BCUT2D eigenvalue weighted by atomic mass is 35.5. The Kier molecular flexibility index (Phi) is 11.7. The van der Waals surface area contributed by atoms with Crippen molar-refractivity contribution in [2.45, 2.75) is 76.8 Å². The molecule has 10 rings (SSSR count). The van der Waals surface area contributed by atoms with Crippen molar-refractivity contribution in [1.82, 2.24) is 30.2 Å². The molecule has 3 aromatic carbocycles. The standard InChI is InChI=1S/C49H52ClN7O8/c1-27-40(43-45(53-27)44(52-25-51-43)41-37(63-24-28-12-13-28)16-17-38-46(41)65-26-64-38)47(58)54-35(22-29-8-4-7-11-34(29)50)49(60)56-20-18-31(19-21-56)57-48(59)33-10-6-5-9-32(33)42(55-57)30-14-15-36(61-2)39(23-30)62-3/h4,7-8,11,14-17,23,25,28,31-33,35,53H,5-6,9-10,12-13,18-22,24,26H2,1-3H3,(H,54,58)/t32-,33+,35+/m0/s1. The van der Waals surface area contributed by atoms with Crippen LogP contribution in [0.5, 0.6) is 28.7 Å². The summed E-state index contributed by atoms with van der Waals surface area (Å²) < 4.78 is 29.1. The van der Waals surface area contributed by atoms with E-state index < -0.39 is 11.9 Å². The number of rotatable bonds is 13. The predicted molar refractivity (Wildman–Crippen MR) is 243 cm³/mol. The molecule has 338 valence electrons. The van der Waals surface area contributed by atoms with Crippen LogP contribution in [0.4, 0.5) is 0 Å². The van der Waals surface area contributed by atoms with Gasteiger partial charge >= 0.3 is 0 Å². The average Bonchev–Trinajstić information content (AvgIpc) is 3.93. The van der Waals surface area contributed by atoms with Crippen molar-refractivity contribution in [1.29, 1.82) is 0 Å². The van der Waals surface area contributed by atoms with Gasteiger partial charge in [0.15, 0.2) is 23.0 Å². The summed E-state index contributed by atoms with van der Waals surface area (Å²) in [5.41, 5.74) is 5.39. The molecule has 1 saturated heterocycles. The first-order valence-corrected chi connectivity index (χ1v) is 22.9. The van der Waals surface area contributed by atoms with Gasteiger partial charge in [0.2, 0.25) is 18.6 Å². The fourth-order valence-electron chi connectivity index (χ4n) is 9.94. The maximum Gasteiger partial charge on any atom is 0.255 e. The minimum Gasteiger partial charge on any atom is -0.493 e. The van der Waals surface area contributed by atoms with E-state index in [9.17, 15) is 14.4 Å². The molecule has 2 aliphatic carbocycles. The molecular formula is C49H52ClN7O8. The molecule has 16 heteroatoms. The Morgan fingerprint density at radius 1 is 0.923 bits per heavy atom. The molecule has 65 heavy (non-hydrogen) atoms. The molecule has 0 radical (unpaired) electrons. The monoisotopic (exact) mass is 901 g/mol. The number of methoxy groups -OCH3 is 2. The van der Waals surface area contributed by atoms with Crippen LogP contribution in [-0.4, -0.2) is 101 Å². The molecule has 3 fully saturated rings. The van der Waals surface area contributed by atoms with Crippen LogP contribution in [0, 0.1) is 24.7 Å².